The van der Waals surface area contributed by atoms with Gasteiger partial charge < -0.3 is 14.6 Å². The third kappa shape index (κ3) is 4.13. The fourth-order valence-electron chi connectivity index (χ4n) is 6.03. The van der Waals surface area contributed by atoms with Crippen molar-refractivity contribution >= 4 is 40.7 Å². The maximum atomic E-state index is 14.3. The molecule has 0 spiro atoms. The Balaban J connectivity index is 1.58. The van der Waals surface area contributed by atoms with Gasteiger partial charge in [0.25, 0.3) is 11.8 Å². The first-order chi connectivity index (χ1) is 19.5. The van der Waals surface area contributed by atoms with E-state index in [0.717, 1.165) is 33.6 Å². The molecule has 7 nitrogen and oxygen atoms in total. The van der Waals surface area contributed by atoms with Gasteiger partial charge in [0.15, 0.2) is 5.69 Å². The van der Waals surface area contributed by atoms with Crippen molar-refractivity contribution in [2.75, 3.05) is 12.0 Å². The first kappa shape index (κ1) is 27.4. The van der Waals surface area contributed by atoms with Crippen LogP contribution in [0.25, 0.3) is 22.5 Å². The molecule has 0 bridgehead atoms. The second-order valence-electron chi connectivity index (χ2n) is 11.1. The van der Waals surface area contributed by atoms with E-state index in [2.05, 4.69) is 23.7 Å². The highest BCUT2D eigenvalue weighted by Crippen LogP contribution is 2.56. The molecule has 41 heavy (non-hydrogen) atoms. The Morgan fingerprint density at radius 2 is 1.78 bits per heavy atom. The number of imidazole rings is 1. The third-order valence-electron chi connectivity index (χ3n) is 7.68. The van der Waals surface area contributed by atoms with Crippen molar-refractivity contribution in [1.82, 2.24) is 14.9 Å². The van der Waals surface area contributed by atoms with E-state index >= 15 is 0 Å². The maximum Gasteiger partial charge on any atom is 0.279 e. The number of amides is 2. The van der Waals surface area contributed by atoms with Gasteiger partial charge in [0, 0.05) is 28.2 Å². The molecule has 1 aromatic heterocycles. The molecule has 1 atom stereocenters. The number of methoxy groups -OCH3 is 1. The van der Waals surface area contributed by atoms with Crippen LogP contribution in [0.4, 0.5) is 5.69 Å². The zero-order valence-electron chi connectivity index (χ0n) is 23.7. The molecule has 0 aliphatic carbocycles. The Hall–Kier alpha value is -3.81. The Morgan fingerprint density at radius 1 is 1.02 bits per heavy atom. The second kappa shape index (κ2) is 9.93. The minimum atomic E-state index is -0.417. The predicted molar refractivity (Wildman–Crippen MR) is 162 cm³/mol. The van der Waals surface area contributed by atoms with Gasteiger partial charge in [-0.05, 0) is 87.7 Å². The minimum absolute atomic E-state index is 0.00171. The summed E-state index contributed by atoms with van der Waals surface area (Å²) in [6, 6.07) is 14.4. The number of anilines is 1. The van der Waals surface area contributed by atoms with Crippen molar-refractivity contribution in [2.24, 2.45) is 0 Å². The second-order valence-corrected chi connectivity index (χ2v) is 11.9. The van der Waals surface area contributed by atoms with Crippen LogP contribution < -0.4 is 15.0 Å². The average Bonchev–Trinajstić information content (AvgIpc) is 3.45. The van der Waals surface area contributed by atoms with E-state index in [1.54, 1.807) is 19.2 Å². The Kier molecular flexibility index (Phi) is 6.63. The quantitative estimate of drug-likeness (QED) is 0.260. The van der Waals surface area contributed by atoms with E-state index in [4.69, 9.17) is 32.9 Å². The Morgan fingerprint density at radius 3 is 2.46 bits per heavy atom. The standard InChI is InChI=1S/C32H30Cl2N4O3/c1-15(2)35-31(39)18-8-10-21(24(13-18)41-6)30-36-26-29(37(30)16(3)4)28-20-11-9-19(33)14-22(20)25-23(34)12-7-17(5)27(25)38(28)32(26)40/h7-16,28H,1-6H3,(H,35,39). The van der Waals surface area contributed by atoms with Crippen LogP contribution in [0.2, 0.25) is 10.0 Å². The Bertz CT molecular complexity index is 1760. The van der Waals surface area contributed by atoms with Gasteiger partial charge in [-0.3, -0.25) is 14.5 Å². The lowest BCUT2D eigenvalue weighted by Crippen LogP contribution is -2.34. The molecule has 9 heteroatoms. The molecule has 0 saturated carbocycles. The van der Waals surface area contributed by atoms with Crippen LogP contribution in [0.1, 0.15) is 77.4 Å². The average molecular weight is 590 g/mol. The molecule has 1 N–H and O–H groups in total. The lowest BCUT2D eigenvalue weighted by atomic mass is 9.86. The van der Waals surface area contributed by atoms with Crippen molar-refractivity contribution in [3.05, 3.63) is 86.7 Å². The van der Waals surface area contributed by atoms with E-state index in [9.17, 15) is 9.59 Å². The van der Waals surface area contributed by atoms with Gasteiger partial charge in [0.2, 0.25) is 0 Å². The molecule has 6 rings (SSSR count). The van der Waals surface area contributed by atoms with E-state index in [-0.39, 0.29) is 23.9 Å². The number of aryl methyl sites for hydroxylation is 1. The van der Waals surface area contributed by atoms with Crippen molar-refractivity contribution in [3.8, 4) is 28.3 Å². The zero-order chi connectivity index (χ0) is 29.3. The van der Waals surface area contributed by atoms with Crippen molar-refractivity contribution < 1.29 is 14.3 Å². The number of carbonyl (C=O) groups is 2. The Labute approximate surface area is 249 Å². The van der Waals surface area contributed by atoms with Gasteiger partial charge >= 0.3 is 0 Å². The fourth-order valence-corrected chi connectivity index (χ4v) is 6.46. The summed E-state index contributed by atoms with van der Waals surface area (Å²) in [6.45, 7) is 9.94. The van der Waals surface area contributed by atoms with Crippen molar-refractivity contribution in [2.45, 2.75) is 52.7 Å². The lowest BCUT2D eigenvalue weighted by Gasteiger charge is -2.37. The highest BCUT2D eigenvalue weighted by molar-refractivity contribution is 6.35. The van der Waals surface area contributed by atoms with Gasteiger partial charge in [0.05, 0.1) is 29.1 Å². The number of carbonyl (C=O) groups excluding carboxylic acids is 2. The smallest absolute Gasteiger partial charge is 0.279 e. The highest BCUT2D eigenvalue weighted by Gasteiger charge is 2.49. The van der Waals surface area contributed by atoms with Crippen LogP contribution in [-0.4, -0.2) is 34.5 Å². The largest absolute Gasteiger partial charge is 0.496 e. The summed E-state index contributed by atoms with van der Waals surface area (Å²) in [5.41, 5.74) is 6.71. The maximum absolute atomic E-state index is 14.3. The summed E-state index contributed by atoms with van der Waals surface area (Å²) in [6.07, 6.45) is 0. The van der Waals surface area contributed by atoms with E-state index in [0.29, 0.717) is 38.4 Å². The normalized spacial score (nSPS) is 15.1. The first-order valence-electron chi connectivity index (χ1n) is 13.6. The highest BCUT2D eigenvalue weighted by atomic mass is 35.5. The van der Waals surface area contributed by atoms with Crippen LogP contribution in [0.3, 0.4) is 0 Å². The van der Waals surface area contributed by atoms with Crippen LogP contribution in [0.5, 0.6) is 5.75 Å². The molecule has 1 unspecified atom stereocenters. The molecule has 0 saturated heterocycles. The van der Waals surface area contributed by atoms with Crippen LogP contribution in [-0.2, 0) is 0 Å². The molecule has 3 aromatic carbocycles. The van der Waals surface area contributed by atoms with Gasteiger partial charge in [0.1, 0.15) is 17.6 Å². The van der Waals surface area contributed by atoms with E-state index < -0.39 is 6.04 Å². The molecule has 210 valence electrons. The summed E-state index contributed by atoms with van der Waals surface area (Å²) in [5.74, 6) is 0.732. The number of benzene rings is 3. The van der Waals surface area contributed by atoms with Gasteiger partial charge in [-0.1, -0.05) is 35.3 Å². The summed E-state index contributed by atoms with van der Waals surface area (Å²) in [7, 11) is 1.57. The number of hydrogen-bond donors (Lipinski definition) is 1. The molecule has 0 radical (unpaired) electrons. The number of hydrogen-bond acceptors (Lipinski definition) is 4. The number of fused-ring (bicyclic) bond motifs is 8. The molecule has 2 amide bonds. The number of rotatable bonds is 5. The first-order valence-corrected chi connectivity index (χ1v) is 14.3. The molecule has 4 aromatic rings. The monoisotopic (exact) mass is 588 g/mol. The molecular weight excluding hydrogens is 559 g/mol. The van der Waals surface area contributed by atoms with Crippen LogP contribution >= 0.6 is 23.2 Å². The molecule has 3 heterocycles. The number of aromatic nitrogens is 2. The molecular formula is C32H30Cl2N4O3. The minimum Gasteiger partial charge on any atom is -0.496 e. The SMILES string of the molecule is COc1cc(C(=O)NC(C)C)ccc1-c1nc2c(n1C(C)C)C1c3ccc(Cl)cc3-c3c(Cl)ccc(C)c3N1C2=O. The topological polar surface area (TPSA) is 76.5 Å². The van der Waals surface area contributed by atoms with E-state index in [1.807, 2.05) is 62.1 Å². The molecule has 2 aliphatic heterocycles. The number of ether oxygens (including phenoxy) is 1. The predicted octanol–water partition coefficient (Wildman–Crippen LogP) is 7.62. The fraction of sp³-hybridized carbons (Fsp3) is 0.281. The number of nitrogens with one attached hydrogen (secondary N) is 1. The van der Waals surface area contributed by atoms with Crippen LogP contribution in [0.15, 0.2) is 48.5 Å². The molecule has 2 aliphatic rings. The van der Waals surface area contributed by atoms with Gasteiger partial charge in [-0.2, -0.15) is 0 Å². The number of halogens is 2. The summed E-state index contributed by atoms with van der Waals surface area (Å²) < 4.78 is 7.86. The lowest BCUT2D eigenvalue weighted by molar-refractivity contribution is 0.0941. The summed E-state index contributed by atoms with van der Waals surface area (Å²) >= 11 is 13.2. The van der Waals surface area contributed by atoms with Gasteiger partial charge in [-0.15, -0.1) is 0 Å². The third-order valence-corrected chi connectivity index (χ3v) is 8.23. The zero-order valence-corrected chi connectivity index (χ0v) is 25.2. The summed E-state index contributed by atoms with van der Waals surface area (Å²) in [5, 5.41) is 4.06. The number of nitrogens with zero attached hydrogens (tertiary/aromatic N) is 3. The van der Waals surface area contributed by atoms with E-state index in [1.165, 1.54) is 0 Å². The van der Waals surface area contributed by atoms with Gasteiger partial charge in [-0.25, -0.2) is 4.98 Å². The van der Waals surface area contributed by atoms with Crippen LogP contribution in [0, 0.1) is 6.92 Å². The van der Waals surface area contributed by atoms with Crippen molar-refractivity contribution in [3.63, 3.8) is 0 Å². The van der Waals surface area contributed by atoms with Crippen molar-refractivity contribution in [1.29, 1.82) is 0 Å². The molecule has 0 fully saturated rings. The summed E-state index contributed by atoms with van der Waals surface area (Å²) in [4.78, 5) is 33.7.